The summed E-state index contributed by atoms with van der Waals surface area (Å²) in [7, 11) is 7.71. The SMILES string of the molecule is COc1ccc(CC[C@@H](OC(=O)[C@@H]2CCCCN2C(=O)[C@H](c2cc(OC)c(OC)c(OC)c2)C(C)C)c2cccc(OCC(=O)O)c2)cc1OC. The van der Waals surface area contributed by atoms with Gasteiger partial charge in [0.15, 0.2) is 29.6 Å². The molecule has 12 nitrogen and oxygen atoms in total. The molecule has 1 aliphatic rings. The highest BCUT2D eigenvalue weighted by Crippen LogP contribution is 2.42. The Hall–Kier alpha value is -5.13. The normalized spacial score (nSPS) is 15.4. The molecule has 12 heteroatoms. The number of methoxy groups -OCH3 is 5. The van der Waals surface area contributed by atoms with E-state index in [2.05, 4.69) is 0 Å². The molecule has 276 valence electrons. The summed E-state index contributed by atoms with van der Waals surface area (Å²) in [5.41, 5.74) is 2.26. The van der Waals surface area contributed by atoms with Crippen molar-refractivity contribution in [2.45, 2.75) is 64.0 Å². The fourth-order valence-electron chi connectivity index (χ4n) is 6.51. The monoisotopic (exact) mass is 707 g/mol. The number of esters is 1. The minimum absolute atomic E-state index is 0.123. The zero-order valence-electron chi connectivity index (χ0n) is 30.4. The van der Waals surface area contributed by atoms with Crippen molar-refractivity contribution in [1.82, 2.24) is 4.90 Å². The predicted molar refractivity (Wildman–Crippen MR) is 189 cm³/mol. The van der Waals surface area contributed by atoms with E-state index in [4.69, 9.17) is 38.3 Å². The first-order valence-corrected chi connectivity index (χ1v) is 17.0. The first kappa shape index (κ1) is 38.7. The molecule has 0 saturated carbocycles. The van der Waals surface area contributed by atoms with Crippen LogP contribution in [0.1, 0.15) is 68.2 Å². The third-order valence-corrected chi connectivity index (χ3v) is 9.03. The number of hydrogen-bond acceptors (Lipinski definition) is 10. The second-order valence-corrected chi connectivity index (χ2v) is 12.6. The molecule has 3 aromatic carbocycles. The number of aryl methyl sites for hydroxylation is 1. The number of aliphatic carboxylic acids is 1. The number of rotatable bonds is 17. The Bertz CT molecular complexity index is 1630. The highest BCUT2D eigenvalue weighted by Gasteiger charge is 2.39. The van der Waals surface area contributed by atoms with E-state index in [1.165, 1.54) is 21.3 Å². The van der Waals surface area contributed by atoms with Gasteiger partial charge in [-0.05, 0) is 91.1 Å². The Morgan fingerprint density at radius 2 is 1.49 bits per heavy atom. The average Bonchev–Trinajstić information content (AvgIpc) is 3.14. The Morgan fingerprint density at radius 3 is 2.10 bits per heavy atom. The third-order valence-electron chi connectivity index (χ3n) is 9.03. The van der Waals surface area contributed by atoms with Crippen LogP contribution in [0.4, 0.5) is 0 Å². The van der Waals surface area contributed by atoms with Crippen LogP contribution in [-0.4, -0.2) is 82.6 Å². The van der Waals surface area contributed by atoms with Crippen LogP contribution in [0.2, 0.25) is 0 Å². The molecular formula is C39H49NO11. The molecule has 0 aromatic heterocycles. The molecule has 3 aromatic rings. The maximum Gasteiger partial charge on any atom is 0.341 e. The fourth-order valence-corrected chi connectivity index (χ4v) is 6.51. The molecule has 1 saturated heterocycles. The molecule has 1 amide bonds. The van der Waals surface area contributed by atoms with Gasteiger partial charge in [-0.2, -0.15) is 0 Å². The van der Waals surface area contributed by atoms with E-state index < -0.39 is 36.6 Å². The van der Waals surface area contributed by atoms with E-state index in [9.17, 15) is 14.4 Å². The molecule has 1 N–H and O–H groups in total. The second kappa shape index (κ2) is 18.2. The van der Waals surface area contributed by atoms with Crippen molar-refractivity contribution in [3.05, 3.63) is 71.3 Å². The molecule has 0 radical (unpaired) electrons. The summed E-state index contributed by atoms with van der Waals surface area (Å²) in [4.78, 5) is 41.5. The average molecular weight is 708 g/mol. The van der Waals surface area contributed by atoms with Crippen molar-refractivity contribution in [3.8, 4) is 34.5 Å². The van der Waals surface area contributed by atoms with Crippen LogP contribution >= 0.6 is 0 Å². The minimum atomic E-state index is -1.11. The van der Waals surface area contributed by atoms with Gasteiger partial charge in [-0.15, -0.1) is 0 Å². The van der Waals surface area contributed by atoms with Gasteiger partial charge in [0.1, 0.15) is 17.9 Å². The van der Waals surface area contributed by atoms with Gasteiger partial charge in [0.2, 0.25) is 11.7 Å². The topological polar surface area (TPSA) is 139 Å². The first-order chi connectivity index (χ1) is 24.5. The maximum absolute atomic E-state index is 14.5. The van der Waals surface area contributed by atoms with Crippen molar-refractivity contribution in [1.29, 1.82) is 0 Å². The van der Waals surface area contributed by atoms with Gasteiger partial charge in [-0.25, -0.2) is 9.59 Å². The molecule has 0 spiro atoms. The van der Waals surface area contributed by atoms with Crippen LogP contribution in [0.15, 0.2) is 54.6 Å². The summed E-state index contributed by atoms with van der Waals surface area (Å²) < 4.78 is 39.2. The Morgan fingerprint density at radius 1 is 0.804 bits per heavy atom. The van der Waals surface area contributed by atoms with Gasteiger partial charge in [0.05, 0.1) is 41.5 Å². The number of carboxylic acids is 1. The number of likely N-dealkylation sites (tertiary alicyclic amines) is 1. The molecule has 3 atom stereocenters. The van der Waals surface area contributed by atoms with Gasteiger partial charge in [0, 0.05) is 6.54 Å². The Kier molecular flexibility index (Phi) is 13.8. The van der Waals surface area contributed by atoms with Crippen molar-refractivity contribution in [3.63, 3.8) is 0 Å². The number of hydrogen-bond donors (Lipinski definition) is 1. The smallest absolute Gasteiger partial charge is 0.341 e. The van der Waals surface area contributed by atoms with E-state index in [-0.39, 0.29) is 11.8 Å². The number of carboxylic acid groups (broad SMARTS) is 1. The zero-order chi connectivity index (χ0) is 37.1. The molecule has 0 aliphatic carbocycles. The molecular weight excluding hydrogens is 658 g/mol. The van der Waals surface area contributed by atoms with Gasteiger partial charge in [-0.1, -0.05) is 32.0 Å². The largest absolute Gasteiger partial charge is 0.493 e. The number of benzene rings is 3. The number of carbonyl (C=O) groups excluding carboxylic acids is 2. The maximum atomic E-state index is 14.5. The van der Waals surface area contributed by atoms with Gasteiger partial charge in [-0.3, -0.25) is 4.79 Å². The summed E-state index contributed by atoms with van der Waals surface area (Å²) in [5.74, 6) is 0.283. The van der Waals surface area contributed by atoms with Crippen LogP contribution in [0.25, 0.3) is 0 Å². The molecule has 0 bridgehead atoms. The van der Waals surface area contributed by atoms with E-state index in [1.54, 1.807) is 49.5 Å². The summed E-state index contributed by atoms with van der Waals surface area (Å²) >= 11 is 0. The van der Waals surface area contributed by atoms with Crippen LogP contribution in [0.5, 0.6) is 34.5 Å². The lowest BCUT2D eigenvalue weighted by Gasteiger charge is -2.38. The van der Waals surface area contributed by atoms with Gasteiger partial charge in [0.25, 0.3) is 0 Å². The summed E-state index contributed by atoms with van der Waals surface area (Å²) in [5, 5.41) is 9.13. The lowest BCUT2D eigenvalue weighted by atomic mass is 9.85. The zero-order valence-corrected chi connectivity index (χ0v) is 30.4. The van der Waals surface area contributed by atoms with Crippen molar-refractivity contribution in [2.75, 3.05) is 48.7 Å². The van der Waals surface area contributed by atoms with Crippen LogP contribution in [-0.2, 0) is 25.5 Å². The summed E-state index contributed by atoms with van der Waals surface area (Å²) in [6.45, 7) is 3.82. The minimum Gasteiger partial charge on any atom is -0.493 e. The van der Waals surface area contributed by atoms with Crippen molar-refractivity contribution >= 4 is 17.8 Å². The Balaban J connectivity index is 1.64. The number of carbonyl (C=O) groups is 3. The number of ether oxygens (including phenoxy) is 7. The third kappa shape index (κ3) is 9.56. The summed E-state index contributed by atoms with van der Waals surface area (Å²) in [6, 6.07) is 15.2. The van der Waals surface area contributed by atoms with E-state index >= 15 is 0 Å². The van der Waals surface area contributed by atoms with Crippen LogP contribution in [0.3, 0.4) is 0 Å². The Labute approximate surface area is 299 Å². The molecule has 1 heterocycles. The molecule has 51 heavy (non-hydrogen) atoms. The van der Waals surface area contributed by atoms with E-state index in [0.29, 0.717) is 71.4 Å². The number of piperidine rings is 1. The molecule has 0 unspecified atom stereocenters. The van der Waals surface area contributed by atoms with E-state index in [0.717, 1.165) is 18.4 Å². The van der Waals surface area contributed by atoms with Crippen molar-refractivity contribution in [2.24, 2.45) is 5.92 Å². The lowest BCUT2D eigenvalue weighted by molar-refractivity contribution is -0.163. The number of nitrogens with zero attached hydrogens (tertiary/aromatic N) is 1. The summed E-state index contributed by atoms with van der Waals surface area (Å²) in [6.07, 6.45) is 2.14. The first-order valence-electron chi connectivity index (χ1n) is 17.0. The van der Waals surface area contributed by atoms with Crippen molar-refractivity contribution < 1.29 is 52.6 Å². The molecule has 1 fully saturated rings. The standard InChI is InChI=1S/C39H49NO11/c1-24(2)36(27-21-33(47-5)37(49-7)34(22-27)48-6)38(43)40-18-9-8-13-29(40)39(44)51-30(26-11-10-12-28(20-26)50-23-35(41)42)16-14-25-15-17-31(45-3)32(19-25)46-4/h10-12,15,17,19-22,24,29-30,36H,8-9,13-14,16,18,23H2,1-7H3,(H,41,42)/t29-,30+,36-/m0/s1. The second-order valence-electron chi connectivity index (χ2n) is 12.6. The van der Waals surface area contributed by atoms with Crippen LogP contribution < -0.4 is 28.4 Å². The van der Waals surface area contributed by atoms with E-state index in [1.807, 2.05) is 38.1 Å². The van der Waals surface area contributed by atoms with Gasteiger partial charge >= 0.3 is 11.9 Å². The van der Waals surface area contributed by atoms with Gasteiger partial charge < -0.3 is 43.2 Å². The predicted octanol–water partition coefficient (Wildman–Crippen LogP) is 6.23. The molecule has 1 aliphatic heterocycles. The highest BCUT2D eigenvalue weighted by molar-refractivity contribution is 5.89. The van der Waals surface area contributed by atoms with Crippen LogP contribution in [0, 0.1) is 5.92 Å². The number of amides is 1. The molecule has 4 rings (SSSR count). The highest BCUT2D eigenvalue weighted by atomic mass is 16.5. The fraction of sp³-hybridized carbons (Fsp3) is 0.462. The lowest BCUT2D eigenvalue weighted by Crippen LogP contribution is -2.51. The quantitative estimate of drug-likeness (QED) is 0.160.